The van der Waals surface area contributed by atoms with Gasteiger partial charge in [0.2, 0.25) is 15.9 Å². The molecule has 184 valence electrons. The summed E-state index contributed by atoms with van der Waals surface area (Å²) in [5.74, 6) is -1.19. The molecule has 0 unspecified atom stereocenters. The third-order valence-electron chi connectivity index (χ3n) is 6.53. The van der Waals surface area contributed by atoms with Crippen LogP contribution in [-0.4, -0.2) is 31.7 Å². The Morgan fingerprint density at radius 1 is 0.914 bits per heavy atom. The van der Waals surface area contributed by atoms with Crippen LogP contribution >= 0.6 is 0 Å². The number of halogens is 1. The quantitative estimate of drug-likeness (QED) is 0.421. The highest BCUT2D eigenvalue weighted by atomic mass is 32.2. The van der Waals surface area contributed by atoms with E-state index in [1.807, 2.05) is 48.5 Å². The lowest BCUT2D eigenvalue weighted by molar-refractivity contribution is -0.126. The van der Waals surface area contributed by atoms with Gasteiger partial charge in [0, 0.05) is 13.1 Å². The lowest BCUT2D eigenvalue weighted by atomic mass is 9.90. The van der Waals surface area contributed by atoms with Gasteiger partial charge in [0.25, 0.3) is 0 Å². The largest absolute Gasteiger partial charge is 0.356 e. The van der Waals surface area contributed by atoms with Gasteiger partial charge in [0.1, 0.15) is 5.82 Å². The summed E-state index contributed by atoms with van der Waals surface area (Å²) >= 11 is 0. The van der Waals surface area contributed by atoms with Gasteiger partial charge in [-0.1, -0.05) is 66.7 Å². The van der Waals surface area contributed by atoms with Crippen molar-refractivity contribution in [3.8, 4) is 0 Å². The second kappa shape index (κ2) is 11.6. The summed E-state index contributed by atoms with van der Waals surface area (Å²) in [6, 6.07) is 24.3. The molecule has 35 heavy (non-hydrogen) atoms. The van der Waals surface area contributed by atoms with E-state index in [-0.39, 0.29) is 17.3 Å². The zero-order valence-corrected chi connectivity index (χ0v) is 20.5. The molecule has 3 aromatic rings. The van der Waals surface area contributed by atoms with E-state index < -0.39 is 27.8 Å². The van der Waals surface area contributed by atoms with Gasteiger partial charge in [-0.05, 0) is 61.4 Å². The maximum absolute atomic E-state index is 13.9. The molecule has 7 heteroatoms. The van der Waals surface area contributed by atoms with E-state index >= 15 is 0 Å². The Kier molecular flexibility index (Phi) is 8.31. The van der Waals surface area contributed by atoms with Gasteiger partial charge in [0.05, 0.1) is 16.9 Å². The minimum atomic E-state index is -3.99. The van der Waals surface area contributed by atoms with Crippen LogP contribution in [0.5, 0.6) is 0 Å². The van der Waals surface area contributed by atoms with Crippen LogP contribution < -0.4 is 5.32 Å². The summed E-state index contributed by atoms with van der Waals surface area (Å²) in [6.45, 7) is 0.620. The predicted octanol–water partition coefficient (Wildman–Crippen LogP) is 5.11. The summed E-state index contributed by atoms with van der Waals surface area (Å²) in [4.78, 5) is 12.8. The van der Waals surface area contributed by atoms with Crippen LogP contribution in [0.1, 0.15) is 42.9 Å². The molecule has 4 rings (SSSR count). The minimum Gasteiger partial charge on any atom is -0.356 e. The van der Waals surface area contributed by atoms with E-state index in [9.17, 15) is 17.6 Å². The average molecular weight is 495 g/mol. The number of nitrogens with one attached hydrogen (secondary N) is 1. The minimum absolute atomic E-state index is 0.0637. The van der Waals surface area contributed by atoms with Crippen molar-refractivity contribution in [1.29, 1.82) is 0 Å². The summed E-state index contributed by atoms with van der Waals surface area (Å²) in [7, 11) is -3.99. The molecule has 1 aliphatic heterocycles. The smallest absolute Gasteiger partial charge is 0.243 e. The number of unbranched alkanes of at least 4 members (excludes halogenated alkanes) is 1. The summed E-state index contributed by atoms with van der Waals surface area (Å²) in [5.41, 5.74) is 2.14. The van der Waals surface area contributed by atoms with Crippen LogP contribution in [0.25, 0.3) is 0 Å². The molecule has 2 atom stereocenters. The third-order valence-corrected chi connectivity index (χ3v) is 8.40. The summed E-state index contributed by atoms with van der Waals surface area (Å²) in [6.07, 6.45) is 3.88. The van der Waals surface area contributed by atoms with Gasteiger partial charge in [-0.3, -0.25) is 4.79 Å². The predicted molar refractivity (Wildman–Crippen MR) is 135 cm³/mol. The van der Waals surface area contributed by atoms with Crippen molar-refractivity contribution in [3.05, 3.63) is 102 Å². The molecule has 1 fully saturated rings. The molecule has 0 bridgehead atoms. The maximum atomic E-state index is 13.9. The Bertz CT molecular complexity index is 1220. The number of amides is 1. The highest BCUT2D eigenvalue weighted by Crippen LogP contribution is 2.37. The number of nitrogens with zero attached hydrogens (tertiary/aromatic N) is 1. The molecular formula is C28H31FN2O3S. The molecule has 1 heterocycles. The number of hydrogen-bond donors (Lipinski definition) is 1. The van der Waals surface area contributed by atoms with Gasteiger partial charge in [-0.25, -0.2) is 12.8 Å². The molecule has 1 amide bonds. The van der Waals surface area contributed by atoms with Crippen LogP contribution in [0, 0.1) is 11.7 Å². The molecule has 0 aliphatic carbocycles. The number of carbonyl (C=O) groups excluding carboxylic acids is 1. The normalized spacial score (nSPS) is 18.8. The van der Waals surface area contributed by atoms with Gasteiger partial charge in [-0.15, -0.1) is 0 Å². The number of carbonyl (C=O) groups is 1. The van der Waals surface area contributed by atoms with Crippen LogP contribution in [0.4, 0.5) is 4.39 Å². The Balaban J connectivity index is 1.42. The first-order valence-corrected chi connectivity index (χ1v) is 13.5. The monoisotopic (exact) mass is 494 g/mol. The highest BCUT2D eigenvalue weighted by molar-refractivity contribution is 7.89. The van der Waals surface area contributed by atoms with Crippen molar-refractivity contribution in [3.63, 3.8) is 0 Å². The lowest BCUT2D eigenvalue weighted by Crippen LogP contribution is -2.47. The average Bonchev–Trinajstić information content (AvgIpc) is 2.89. The molecule has 0 spiro atoms. The summed E-state index contributed by atoms with van der Waals surface area (Å²) < 4.78 is 42.3. The van der Waals surface area contributed by atoms with Crippen LogP contribution in [-0.2, 0) is 21.2 Å². The van der Waals surface area contributed by atoms with Crippen molar-refractivity contribution in [2.45, 2.75) is 43.0 Å². The van der Waals surface area contributed by atoms with Gasteiger partial charge in [-0.2, -0.15) is 4.31 Å². The van der Waals surface area contributed by atoms with Crippen molar-refractivity contribution in [2.75, 3.05) is 13.1 Å². The first kappa shape index (κ1) is 25.1. The first-order chi connectivity index (χ1) is 16.9. The van der Waals surface area contributed by atoms with Crippen molar-refractivity contribution in [2.24, 2.45) is 5.92 Å². The number of piperidine rings is 1. The van der Waals surface area contributed by atoms with Gasteiger partial charge >= 0.3 is 0 Å². The molecule has 0 saturated carbocycles. The summed E-state index contributed by atoms with van der Waals surface area (Å²) in [5, 5.41) is 2.99. The van der Waals surface area contributed by atoms with Crippen molar-refractivity contribution >= 4 is 15.9 Å². The molecule has 1 aliphatic rings. The van der Waals surface area contributed by atoms with Gasteiger partial charge in [0.15, 0.2) is 0 Å². The maximum Gasteiger partial charge on any atom is 0.243 e. The lowest BCUT2D eigenvalue weighted by Gasteiger charge is -2.38. The van der Waals surface area contributed by atoms with E-state index in [4.69, 9.17) is 0 Å². The van der Waals surface area contributed by atoms with Crippen LogP contribution in [0.3, 0.4) is 0 Å². The third kappa shape index (κ3) is 6.35. The first-order valence-electron chi connectivity index (χ1n) is 12.1. The Morgan fingerprint density at radius 2 is 1.63 bits per heavy atom. The second-order valence-corrected chi connectivity index (χ2v) is 10.9. The number of rotatable bonds is 9. The van der Waals surface area contributed by atoms with Crippen LogP contribution in [0.2, 0.25) is 0 Å². The molecular weight excluding hydrogens is 463 g/mol. The van der Waals surface area contributed by atoms with Crippen molar-refractivity contribution in [1.82, 2.24) is 9.62 Å². The second-order valence-electron chi connectivity index (χ2n) is 8.97. The molecule has 1 saturated heterocycles. The number of hydrogen-bond acceptors (Lipinski definition) is 3. The number of benzene rings is 3. The van der Waals surface area contributed by atoms with E-state index in [1.54, 1.807) is 0 Å². The molecule has 3 aromatic carbocycles. The highest BCUT2D eigenvalue weighted by Gasteiger charge is 2.40. The van der Waals surface area contributed by atoms with Gasteiger partial charge < -0.3 is 5.32 Å². The molecule has 1 N–H and O–H groups in total. The van der Waals surface area contributed by atoms with Crippen LogP contribution in [0.15, 0.2) is 89.8 Å². The number of aryl methyl sites for hydroxylation is 1. The molecule has 5 nitrogen and oxygen atoms in total. The topological polar surface area (TPSA) is 66.5 Å². The molecule has 0 aromatic heterocycles. The standard InChI is InChI=1S/C28H31FN2O3S/c29-25-15-9-16-26(20-25)35(33,34)31-21-24(17-18-27(31)23-13-5-2-6-14-23)28(32)30-19-8-7-12-22-10-3-1-4-11-22/h1-6,9-11,13-16,20,24,27H,7-8,12,17-19,21H2,(H,30,32)/t24-,27-/m1/s1. The fourth-order valence-corrected chi connectivity index (χ4v) is 6.37. The Labute approximate surface area is 207 Å². The van der Waals surface area contributed by atoms with E-state index in [0.717, 1.165) is 30.9 Å². The molecule has 0 radical (unpaired) electrons. The Morgan fingerprint density at radius 3 is 2.34 bits per heavy atom. The van der Waals surface area contributed by atoms with E-state index in [2.05, 4.69) is 17.4 Å². The van der Waals surface area contributed by atoms with Crippen molar-refractivity contribution < 1.29 is 17.6 Å². The Hall–Kier alpha value is -3.03. The zero-order valence-electron chi connectivity index (χ0n) is 19.6. The number of sulfonamides is 1. The zero-order chi connectivity index (χ0) is 24.7. The van der Waals surface area contributed by atoms with E-state index in [1.165, 1.54) is 28.1 Å². The fraction of sp³-hybridized carbons (Fsp3) is 0.321. The SMILES string of the molecule is O=C(NCCCCc1ccccc1)[C@@H]1CC[C@H](c2ccccc2)N(S(=O)(=O)c2cccc(F)c2)C1. The fourth-order valence-electron chi connectivity index (χ4n) is 4.64. The van der Waals surface area contributed by atoms with E-state index in [0.29, 0.717) is 19.4 Å².